The van der Waals surface area contributed by atoms with Gasteiger partial charge < -0.3 is 20.3 Å². The first-order valence-electron chi connectivity index (χ1n) is 8.89. The van der Waals surface area contributed by atoms with Crippen LogP contribution in [0.25, 0.3) is 0 Å². The summed E-state index contributed by atoms with van der Waals surface area (Å²) in [5.41, 5.74) is 2.64. The summed E-state index contributed by atoms with van der Waals surface area (Å²) in [4.78, 5) is 7.06. The number of hydrogen-bond donors (Lipinski definition) is 2. The van der Waals surface area contributed by atoms with E-state index in [1.54, 1.807) is 0 Å². The van der Waals surface area contributed by atoms with Gasteiger partial charge in [-0.2, -0.15) is 0 Å². The molecule has 1 aromatic carbocycles. The topological polar surface area (TPSA) is 48.9 Å². The zero-order valence-corrected chi connectivity index (χ0v) is 18.3. The molecule has 1 heterocycles. The first-order chi connectivity index (χ1) is 11.6. The highest BCUT2D eigenvalue weighted by Crippen LogP contribution is 2.25. The number of nitrogens with one attached hydrogen (secondary N) is 2. The van der Waals surface area contributed by atoms with E-state index in [-0.39, 0.29) is 29.5 Å². The molecule has 0 unspecified atom stereocenters. The Labute approximate surface area is 169 Å². The highest BCUT2D eigenvalue weighted by atomic mass is 127. The Hall–Kier alpha value is -0.860. The number of halogens is 1. The average Bonchev–Trinajstić information content (AvgIpc) is 2.59. The van der Waals surface area contributed by atoms with Crippen LogP contribution in [0, 0.1) is 6.92 Å². The maximum atomic E-state index is 5.54. The van der Waals surface area contributed by atoms with Gasteiger partial charge in [-0.15, -0.1) is 24.0 Å². The number of aryl methyl sites for hydroxylation is 1. The van der Waals surface area contributed by atoms with E-state index in [0.717, 1.165) is 45.1 Å². The van der Waals surface area contributed by atoms with Crippen LogP contribution in [0.15, 0.2) is 29.3 Å². The van der Waals surface area contributed by atoms with Crippen LogP contribution < -0.4 is 10.6 Å². The molecular formula is C19H33IN4O. The molecule has 0 bridgehead atoms. The molecule has 1 aromatic rings. The Morgan fingerprint density at radius 3 is 2.36 bits per heavy atom. The molecule has 1 aliphatic heterocycles. The summed E-state index contributed by atoms with van der Waals surface area (Å²) in [6.45, 7) is 8.29. The highest BCUT2D eigenvalue weighted by Gasteiger charge is 2.34. The molecule has 2 rings (SSSR count). The predicted octanol–water partition coefficient (Wildman–Crippen LogP) is 2.78. The normalized spacial score (nSPS) is 17.1. The number of likely N-dealkylation sites (N-methyl/N-ethyl adjacent to an activating group) is 1. The van der Waals surface area contributed by atoms with Crippen LogP contribution >= 0.6 is 24.0 Å². The second-order valence-corrected chi connectivity index (χ2v) is 6.77. The molecule has 1 saturated heterocycles. The van der Waals surface area contributed by atoms with Crippen molar-refractivity contribution in [3.05, 3.63) is 35.4 Å². The first kappa shape index (κ1) is 22.2. The van der Waals surface area contributed by atoms with Gasteiger partial charge in [-0.25, -0.2) is 4.99 Å². The van der Waals surface area contributed by atoms with E-state index in [2.05, 4.69) is 67.7 Å². The van der Waals surface area contributed by atoms with Crippen LogP contribution in [0.3, 0.4) is 0 Å². The Morgan fingerprint density at radius 2 is 1.80 bits per heavy atom. The lowest BCUT2D eigenvalue weighted by atomic mass is 9.88. The predicted molar refractivity (Wildman–Crippen MR) is 116 cm³/mol. The van der Waals surface area contributed by atoms with Gasteiger partial charge in [0, 0.05) is 31.8 Å². The largest absolute Gasteiger partial charge is 0.381 e. The van der Waals surface area contributed by atoms with Crippen LogP contribution in [0.2, 0.25) is 0 Å². The number of rotatable bonds is 6. The maximum Gasteiger partial charge on any atom is 0.191 e. The monoisotopic (exact) mass is 460 g/mol. The van der Waals surface area contributed by atoms with Crippen LogP contribution in [-0.2, 0) is 11.3 Å². The van der Waals surface area contributed by atoms with Gasteiger partial charge in [0.1, 0.15) is 0 Å². The summed E-state index contributed by atoms with van der Waals surface area (Å²) in [6.07, 6.45) is 2.09. The molecule has 0 aliphatic carbocycles. The van der Waals surface area contributed by atoms with Crippen molar-refractivity contribution in [3.63, 3.8) is 0 Å². The number of aliphatic imine (C=N–C) groups is 1. The first-order valence-corrected chi connectivity index (χ1v) is 8.89. The van der Waals surface area contributed by atoms with Gasteiger partial charge in [0.2, 0.25) is 0 Å². The zero-order chi connectivity index (χ0) is 17.4. The van der Waals surface area contributed by atoms with Gasteiger partial charge in [-0.1, -0.05) is 29.8 Å². The Kier molecular flexibility index (Phi) is 9.74. The molecule has 0 aromatic heterocycles. The summed E-state index contributed by atoms with van der Waals surface area (Å²) in [5, 5.41) is 6.88. The van der Waals surface area contributed by atoms with Crippen LogP contribution in [-0.4, -0.2) is 56.8 Å². The van der Waals surface area contributed by atoms with Crippen molar-refractivity contribution in [1.29, 1.82) is 0 Å². The van der Waals surface area contributed by atoms with E-state index in [1.807, 2.05) is 0 Å². The molecule has 0 radical (unpaired) electrons. The third-order valence-corrected chi connectivity index (χ3v) is 4.84. The summed E-state index contributed by atoms with van der Waals surface area (Å²) in [5.74, 6) is 0.880. The van der Waals surface area contributed by atoms with Gasteiger partial charge in [-0.05, 0) is 46.3 Å². The lowest BCUT2D eigenvalue weighted by Crippen LogP contribution is -2.57. The van der Waals surface area contributed by atoms with Crippen molar-refractivity contribution in [3.8, 4) is 0 Å². The third kappa shape index (κ3) is 6.75. The van der Waals surface area contributed by atoms with Gasteiger partial charge >= 0.3 is 0 Å². The molecule has 0 saturated carbocycles. The Balaban J connectivity index is 0.00000312. The Morgan fingerprint density at radius 1 is 1.16 bits per heavy atom. The average molecular weight is 460 g/mol. The molecule has 0 atom stereocenters. The molecule has 142 valence electrons. The number of hydrogen-bond acceptors (Lipinski definition) is 3. The van der Waals surface area contributed by atoms with Crippen LogP contribution in [0.4, 0.5) is 0 Å². The molecule has 25 heavy (non-hydrogen) atoms. The molecule has 5 nitrogen and oxygen atoms in total. The molecule has 2 N–H and O–H groups in total. The number of guanidine groups is 1. The van der Waals surface area contributed by atoms with Crippen molar-refractivity contribution in [1.82, 2.24) is 15.5 Å². The summed E-state index contributed by atoms with van der Waals surface area (Å²) in [7, 11) is 4.31. The van der Waals surface area contributed by atoms with Crippen molar-refractivity contribution >= 4 is 29.9 Å². The van der Waals surface area contributed by atoms with Gasteiger partial charge in [-0.3, -0.25) is 0 Å². The minimum atomic E-state index is 0. The molecule has 1 fully saturated rings. The fraction of sp³-hybridized carbons (Fsp3) is 0.632. The van der Waals surface area contributed by atoms with Crippen LogP contribution in [0.1, 0.15) is 30.9 Å². The second kappa shape index (κ2) is 11.0. The SMILES string of the molecule is CCNC(=NCc1ccc(C)cc1)NCC1(N(C)C)CCOCC1.I. The van der Waals surface area contributed by atoms with Gasteiger partial charge in [0.15, 0.2) is 5.96 Å². The summed E-state index contributed by atoms with van der Waals surface area (Å²) >= 11 is 0. The fourth-order valence-electron chi connectivity index (χ4n) is 2.99. The van der Waals surface area contributed by atoms with E-state index >= 15 is 0 Å². The fourth-order valence-corrected chi connectivity index (χ4v) is 2.99. The van der Waals surface area contributed by atoms with Crippen molar-refractivity contribution < 1.29 is 4.74 Å². The number of benzene rings is 1. The van der Waals surface area contributed by atoms with Crippen molar-refractivity contribution in [2.24, 2.45) is 4.99 Å². The lowest BCUT2D eigenvalue weighted by molar-refractivity contribution is -0.00501. The quantitative estimate of drug-likeness (QED) is 0.390. The minimum absolute atomic E-state index is 0. The summed E-state index contributed by atoms with van der Waals surface area (Å²) in [6, 6.07) is 8.55. The summed E-state index contributed by atoms with van der Waals surface area (Å²) < 4.78 is 5.54. The minimum Gasteiger partial charge on any atom is -0.381 e. The molecular weight excluding hydrogens is 427 g/mol. The number of ether oxygens (including phenoxy) is 1. The Bertz CT molecular complexity index is 525. The van der Waals surface area contributed by atoms with Gasteiger partial charge in [0.25, 0.3) is 0 Å². The zero-order valence-electron chi connectivity index (χ0n) is 16.0. The standard InChI is InChI=1S/C19H32N4O.HI/c1-5-20-18(21-14-17-8-6-16(2)7-9-17)22-15-19(23(3)4)10-12-24-13-11-19;/h6-9H,5,10-15H2,1-4H3,(H2,20,21,22);1H. The molecule has 6 heteroatoms. The highest BCUT2D eigenvalue weighted by molar-refractivity contribution is 14.0. The van der Waals surface area contributed by atoms with Crippen molar-refractivity contribution in [2.75, 3.05) is 40.4 Å². The number of nitrogens with zero attached hydrogens (tertiary/aromatic N) is 2. The molecule has 0 amide bonds. The van der Waals surface area contributed by atoms with E-state index in [1.165, 1.54) is 11.1 Å². The van der Waals surface area contributed by atoms with Gasteiger partial charge in [0.05, 0.1) is 6.54 Å². The van der Waals surface area contributed by atoms with E-state index in [0.29, 0.717) is 6.54 Å². The smallest absolute Gasteiger partial charge is 0.191 e. The third-order valence-electron chi connectivity index (χ3n) is 4.84. The van der Waals surface area contributed by atoms with E-state index in [9.17, 15) is 0 Å². The molecule has 0 spiro atoms. The maximum absolute atomic E-state index is 5.54. The molecule has 1 aliphatic rings. The second-order valence-electron chi connectivity index (χ2n) is 6.77. The van der Waals surface area contributed by atoms with Crippen molar-refractivity contribution in [2.45, 2.75) is 38.8 Å². The van der Waals surface area contributed by atoms with E-state index < -0.39 is 0 Å². The van der Waals surface area contributed by atoms with Crippen LogP contribution in [0.5, 0.6) is 0 Å². The lowest BCUT2D eigenvalue weighted by Gasteiger charge is -2.43. The van der Waals surface area contributed by atoms with E-state index in [4.69, 9.17) is 9.73 Å².